The SMILES string of the molecule is O=C1C[C@@H](c2ccccc2)CC2=C1[C@@H](c1ccc(Cl)s1)Nc1ccccc1N2. The summed E-state index contributed by atoms with van der Waals surface area (Å²) >= 11 is 7.73. The van der Waals surface area contributed by atoms with E-state index in [1.54, 1.807) is 0 Å². The minimum atomic E-state index is -0.187. The second-order valence-electron chi connectivity index (χ2n) is 7.22. The van der Waals surface area contributed by atoms with Crippen molar-refractivity contribution in [3.8, 4) is 0 Å². The number of hydrogen-bond acceptors (Lipinski definition) is 4. The number of halogens is 1. The van der Waals surface area contributed by atoms with Gasteiger partial charge in [0, 0.05) is 22.6 Å². The normalized spacial score (nSPS) is 21.2. The number of carbonyl (C=O) groups excluding carboxylic acids is 1. The smallest absolute Gasteiger partial charge is 0.163 e. The molecule has 2 atom stereocenters. The number of thiophene rings is 1. The highest BCUT2D eigenvalue weighted by Crippen LogP contribution is 2.45. The van der Waals surface area contributed by atoms with E-state index >= 15 is 0 Å². The van der Waals surface area contributed by atoms with Crippen LogP contribution < -0.4 is 10.6 Å². The Morgan fingerprint density at radius 3 is 2.39 bits per heavy atom. The van der Waals surface area contributed by atoms with Gasteiger partial charge in [0.2, 0.25) is 0 Å². The Morgan fingerprint density at radius 2 is 1.64 bits per heavy atom. The van der Waals surface area contributed by atoms with E-state index in [0.29, 0.717) is 6.42 Å². The molecule has 0 bridgehead atoms. The summed E-state index contributed by atoms with van der Waals surface area (Å²) in [6.07, 6.45) is 1.34. The average Bonchev–Trinajstić information content (AvgIpc) is 3.06. The minimum Gasteiger partial charge on any atom is -0.372 e. The highest BCUT2D eigenvalue weighted by atomic mass is 35.5. The fourth-order valence-electron chi connectivity index (χ4n) is 4.15. The minimum absolute atomic E-state index is 0.187. The molecule has 1 aliphatic carbocycles. The maximum absolute atomic E-state index is 13.3. The molecule has 28 heavy (non-hydrogen) atoms. The number of carbonyl (C=O) groups is 1. The fourth-order valence-corrected chi connectivity index (χ4v) is 5.27. The van der Waals surface area contributed by atoms with Crippen LogP contribution in [0.2, 0.25) is 4.34 Å². The van der Waals surface area contributed by atoms with Gasteiger partial charge in [-0.2, -0.15) is 0 Å². The van der Waals surface area contributed by atoms with E-state index in [4.69, 9.17) is 11.6 Å². The summed E-state index contributed by atoms with van der Waals surface area (Å²) < 4.78 is 0.731. The summed E-state index contributed by atoms with van der Waals surface area (Å²) in [7, 11) is 0. The first kappa shape index (κ1) is 17.5. The molecule has 5 rings (SSSR count). The Hall–Kier alpha value is -2.56. The molecule has 2 aliphatic rings. The van der Waals surface area contributed by atoms with Crippen molar-refractivity contribution < 1.29 is 4.79 Å². The predicted molar refractivity (Wildman–Crippen MR) is 116 cm³/mol. The number of anilines is 2. The molecule has 3 aromatic rings. The van der Waals surface area contributed by atoms with E-state index < -0.39 is 0 Å². The number of nitrogens with one attached hydrogen (secondary N) is 2. The molecule has 3 nitrogen and oxygen atoms in total. The van der Waals surface area contributed by atoms with Crippen LogP contribution in [0, 0.1) is 0 Å². The van der Waals surface area contributed by atoms with Crippen molar-refractivity contribution in [1.82, 2.24) is 0 Å². The van der Waals surface area contributed by atoms with Gasteiger partial charge in [0.25, 0.3) is 0 Å². The zero-order chi connectivity index (χ0) is 19.1. The second-order valence-corrected chi connectivity index (χ2v) is 8.97. The summed E-state index contributed by atoms with van der Waals surface area (Å²) in [5.41, 5.74) is 5.06. The van der Waals surface area contributed by atoms with Gasteiger partial charge in [-0.1, -0.05) is 54.1 Å². The Morgan fingerprint density at radius 1 is 0.893 bits per heavy atom. The van der Waals surface area contributed by atoms with Crippen molar-refractivity contribution in [2.24, 2.45) is 0 Å². The summed E-state index contributed by atoms with van der Waals surface area (Å²) in [4.78, 5) is 14.4. The topological polar surface area (TPSA) is 41.1 Å². The van der Waals surface area contributed by atoms with Crippen molar-refractivity contribution in [3.05, 3.63) is 92.8 Å². The standard InChI is InChI=1S/C23H19ClN2OS/c24-21-11-10-20(28-21)23-22-18(25-16-8-4-5-9-17(16)26-23)12-15(13-19(22)27)14-6-2-1-3-7-14/h1-11,15,23,25-26H,12-13H2/t15-,23+/m0/s1. The molecule has 1 aromatic heterocycles. The molecule has 140 valence electrons. The van der Waals surface area contributed by atoms with Crippen molar-refractivity contribution in [2.75, 3.05) is 10.6 Å². The van der Waals surface area contributed by atoms with E-state index in [1.807, 2.05) is 54.6 Å². The van der Waals surface area contributed by atoms with Crippen LogP contribution in [-0.2, 0) is 4.79 Å². The quantitative estimate of drug-likeness (QED) is 0.518. The summed E-state index contributed by atoms with van der Waals surface area (Å²) in [5.74, 6) is 0.384. The summed E-state index contributed by atoms with van der Waals surface area (Å²) in [6.45, 7) is 0. The maximum atomic E-state index is 13.3. The van der Waals surface area contributed by atoms with Crippen LogP contribution in [0.3, 0.4) is 0 Å². The van der Waals surface area contributed by atoms with Gasteiger partial charge in [-0.05, 0) is 42.2 Å². The van der Waals surface area contributed by atoms with Gasteiger partial charge in [-0.15, -0.1) is 11.3 Å². The third-order valence-electron chi connectivity index (χ3n) is 5.46. The largest absolute Gasteiger partial charge is 0.372 e. The number of rotatable bonds is 2. The molecule has 0 unspecified atom stereocenters. The molecule has 0 radical (unpaired) electrons. The number of hydrogen-bond donors (Lipinski definition) is 2. The first-order chi connectivity index (χ1) is 13.7. The summed E-state index contributed by atoms with van der Waals surface area (Å²) in [6, 6.07) is 22.1. The van der Waals surface area contributed by atoms with Crippen LogP contribution in [-0.4, -0.2) is 5.78 Å². The Labute approximate surface area is 173 Å². The van der Waals surface area contributed by atoms with Crippen molar-refractivity contribution >= 4 is 40.1 Å². The number of allylic oxidation sites excluding steroid dienone is 1. The third-order valence-corrected chi connectivity index (χ3v) is 6.75. The molecular formula is C23H19ClN2OS. The molecule has 0 saturated heterocycles. The fraction of sp³-hybridized carbons (Fsp3) is 0.174. The Balaban J connectivity index is 1.61. The van der Waals surface area contributed by atoms with Crippen LogP contribution in [0.1, 0.15) is 35.2 Å². The lowest BCUT2D eigenvalue weighted by molar-refractivity contribution is -0.116. The molecular weight excluding hydrogens is 388 g/mol. The first-order valence-corrected chi connectivity index (χ1v) is 10.6. The molecule has 2 N–H and O–H groups in total. The highest BCUT2D eigenvalue weighted by molar-refractivity contribution is 7.16. The van der Waals surface area contributed by atoms with Crippen molar-refractivity contribution in [1.29, 1.82) is 0 Å². The highest BCUT2D eigenvalue weighted by Gasteiger charge is 2.36. The predicted octanol–water partition coefficient (Wildman–Crippen LogP) is 6.38. The lowest BCUT2D eigenvalue weighted by Gasteiger charge is -2.29. The third kappa shape index (κ3) is 3.13. The van der Waals surface area contributed by atoms with Crippen LogP contribution in [0.25, 0.3) is 0 Å². The average molecular weight is 407 g/mol. The van der Waals surface area contributed by atoms with Crippen LogP contribution in [0.5, 0.6) is 0 Å². The molecule has 0 amide bonds. The van der Waals surface area contributed by atoms with E-state index in [-0.39, 0.29) is 17.7 Å². The van der Waals surface area contributed by atoms with E-state index in [0.717, 1.165) is 38.3 Å². The molecule has 5 heteroatoms. The lowest BCUT2D eigenvalue weighted by atomic mass is 9.79. The molecule has 0 spiro atoms. The molecule has 2 heterocycles. The van der Waals surface area contributed by atoms with Gasteiger partial charge >= 0.3 is 0 Å². The number of benzene rings is 2. The number of Topliss-reactive ketones (excluding diaryl/α,β-unsaturated/α-hetero) is 1. The van der Waals surface area contributed by atoms with Crippen LogP contribution >= 0.6 is 22.9 Å². The number of ketones is 1. The summed E-state index contributed by atoms with van der Waals surface area (Å²) in [5, 5.41) is 7.15. The zero-order valence-corrected chi connectivity index (χ0v) is 16.7. The molecule has 0 fully saturated rings. The first-order valence-electron chi connectivity index (χ1n) is 9.38. The van der Waals surface area contributed by atoms with Crippen molar-refractivity contribution in [3.63, 3.8) is 0 Å². The molecule has 0 saturated carbocycles. The zero-order valence-electron chi connectivity index (χ0n) is 15.1. The monoisotopic (exact) mass is 406 g/mol. The van der Waals surface area contributed by atoms with Gasteiger partial charge in [-0.3, -0.25) is 4.79 Å². The van der Waals surface area contributed by atoms with Gasteiger partial charge in [0.15, 0.2) is 5.78 Å². The molecule has 2 aromatic carbocycles. The van der Waals surface area contributed by atoms with E-state index in [2.05, 4.69) is 22.8 Å². The Kier molecular flexibility index (Phi) is 4.46. The maximum Gasteiger partial charge on any atom is 0.163 e. The Bertz CT molecular complexity index is 1070. The van der Waals surface area contributed by atoms with Crippen molar-refractivity contribution in [2.45, 2.75) is 24.8 Å². The van der Waals surface area contributed by atoms with Gasteiger partial charge in [-0.25, -0.2) is 0 Å². The molecule has 1 aliphatic heterocycles. The second kappa shape index (κ2) is 7.12. The van der Waals surface area contributed by atoms with E-state index in [9.17, 15) is 4.79 Å². The van der Waals surface area contributed by atoms with Crippen LogP contribution in [0.4, 0.5) is 11.4 Å². The lowest BCUT2D eigenvalue weighted by Crippen LogP contribution is -2.26. The van der Waals surface area contributed by atoms with Gasteiger partial charge in [0.05, 0.1) is 21.8 Å². The van der Waals surface area contributed by atoms with Gasteiger partial charge < -0.3 is 10.6 Å². The van der Waals surface area contributed by atoms with E-state index in [1.165, 1.54) is 16.9 Å². The number of fused-ring (bicyclic) bond motifs is 1. The number of para-hydroxylation sites is 2. The van der Waals surface area contributed by atoms with Gasteiger partial charge in [0.1, 0.15) is 0 Å². The van der Waals surface area contributed by atoms with Crippen LogP contribution in [0.15, 0.2) is 78.0 Å².